The minimum absolute atomic E-state index is 0.0986. The molecule has 0 aromatic rings. The van der Waals surface area contributed by atoms with Crippen LogP contribution in [0.2, 0.25) is 0 Å². The Hall–Kier alpha value is -3.15. The van der Waals surface area contributed by atoms with E-state index < -0.39 is 6.10 Å². The van der Waals surface area contributed by atoms with Gasteiger partial charge in [0.15, 0.2) is 6.10 Å². The fourth-order valence-electron chi connectivity index (χ4n) is 8.25. The van der Waals surface area contributed by atoms with E-state index in [9.17, 15) is 14.4 Å². The number of hydrogen-bond acceptors (Lipinski definition) is 6. The highest BCUT2D eigenvalue weighted by atomic mass is 16.6. The molecule has 0 saturated carbocycles. The van der Waals surface area contributed by atoms with Crippen LogP contribution in [0.5, 0.6) is 0 Å². The van der Waals surface area contributed by atoms with Crippen LogP contribution in [0.15, 0.2) is 72.9 Å². The number of ether oxygens (including phenoxy) is 3. The van der Waals surface area contributed by atoms with E-state index in [1.165, 1.54) is 173 Å². The van der Waals surface area contributed by atoms with Crippen molar-refractivity contribution in [1.29, 1.82) is 0 Å². The van der Waals surface area contributed by atoms with E-state index in [1.807, 2.05) is 0 Å². The summed E-state index contributed by atoms with van der Waals surface area (Å²) in [5.74, 6) is -0.957. The Balaban J connectivity index is 4.44. The van der Waals surface area contributed by atoms with Crippen LogP contribution < -0.4 is 0 Å². The molecule has 1 unspecified atom stereocenters. The molecule has 0 saturated heterocycles. The molecular formula is C63H110O6. The van der Waals surface area contributed by atoms with Crippen molar-refractivity contribution in [1.82, 2.24) is 0 Å². The summed E-state index contributed by atoms with van der Waals surface area (Å²) in [5, 5.41) is 0. The normalized spacial score (nSPS) is 12.6. The molecule has 0 aromatic heterocycles. The first kappa shape index (κ1) is 65.8. The van der Waals surface area contributed by atoms with Gasteiger partial charge in [0, 0.05) is 19.3 Å². The minimum Gasteiger partial charge on any atom is -0.462 e. The summed E-state index contributed by atoms with van der Waals surface area (Å²) in [7, 11) is 0. The Kier molecular flexibility index (Phi) is 54.8. The van der Waals surface area contributed by atoms with Crippen molar-refractivity contribution in [2.75, 3.05) is 13.2 Å². The first-order valence-electron chi connectivity index (χ1n) is 29.5. The summed E-state index contributed by atoms with van der Waals surface area (Å²) >= 11 is 0. The number of rotatable bonds is 53. The smallest absolute Gasteiger partial charge is 0.306 e. The number of carbonyl (C=O) groups excluding carboxylic acids is 3. The van der Waals surface area contributed by atoms with Crippen LogP contribution in [0.25, 0.3) is 0 Å². The molecule has 0 aliphatic carbocycles. The zero-order valence-electron chi connectivity index (χ0n) is 45.6. The number of allylic oxidation sites excluding steroid dienone is 12. The van der Waals surface area contributed by atoms with Crippen LogP contribution in [-0.4, -0.2) is 37.2 Å². The van der Waals surface area contributed by atoms with Crippen molar-refractivity contribution in [3.05, 3.63) is 72.9 Å². The molecule has 0 heterocycles. The van der Waals surface area contributed by atoms with E-state index in [2.05, 4.69) is 93.7 Å². The zero-order chi connectivity index (χ0) is 50.0. The van der Waals surface area contributed by atoms with E-state index in [-0.39, 0.29) is 37.5 Å². The number of unbranched alkanes of at least 4 members (excludes halogenated alkanes) is 31. The first-order valence-corrected chi connectivity index (χ1v) is 29.5. The first-order chi connectivity index (χ1) is 34.0. The topological polar surface area (TPSA) is 78.9 Å². The summed E-state index contributed by atoms with van der Waals surface area (Å²) in [4.78, 5) is 38.2. The Morgan fingerprint density at radius 1 is 0.304 bits per heavy atom. The highest BCUT2D eigenvalue weighted by Crippen LogP contribution is 2.16. The second-order valence-corrected chi connectivity index (χ2v) is 19.6. The quantitative estimate of drug-likeness (QED) is 0.0199. The Bertz CT molecular complexity index is 1290. The maximum Gasteiger partial charge on any atom is 0.306 e. The molecule has 0 rings (SSSR count). The van der Waals surface area contributed by atoms with E-state index in [1.54, 1.807) is 0 Å². The molecule has 69 heavy (non-hydrogen) atoms. The lowest BCUT2D eigenvalue weighted by molar-refractivity contribution is -0.167. The molecule has 0 spiro atoms. The fraction of sp³-hybridized carbons (Fsp3) is 0.762. The predicted octanol–water partition coefficient (Wildman–Crippen LogP) is 19.8. The predicted molar refractivity (Wildman–Crippen MR) is 298 cm³/mol. The van der Waals surface area contributed by atoms with Gasteiger partial charge in [-0.25, -0.2) is 0 Å². The lowest BCUT2D eigenvalue weighted by atomic mass is 10.0. The van der Waals surface area contributed by atoms with Gasteiger partial charge in [0.2, 0.25) is 0 Å². The molecular weight excluding hydrogens is 853 g/mol. The second-order valence-electron chi connectivity index (χ2n) is 19.6. The largest absolute Gasteiger partial charge is 0.462 e. The maximum atomic E-state index is 12.8. The van der Waals surface area contributed by atoms with Gasteiger partial charge in [0.05, 0.1) is 0 Å². The molecule has 0 radical (unpaired) electrons. The van der Waals surface area contributed by atoms with Crippen LogP contribution >= 0.6 is 0 Å². The van der Waals surface area contributed by atoms with E-state index >= 15 is 0 Å². The van der Waals surface area contributed by atoms with Gasteiger partial charge in [-0.2, -0.15) is 0 Å². The number of hydrogen-bond donors (Lipinski definition) is 0. The van der Waals surface area contributed by atoms with Crippen molar-refractivity contribution in [3.8, 4) is 0 Å². The monoisotopic (exact) mass is 963 g/mol. The van der Waals surface area contributed by atoms with Crippen molar-refractivity contribution >= 4 is 17.9 Å². The third-order valence-electron chi connectivity index (χ3n) is 12.7. The van der Waals surface area contributed by atoms with Gasteiger partial charge in [-0.1, -0.05) is 261 Å². The highest BCUT2D eigenvalue weighted by Gasteiger charge is 2.19. The van der Waals surface area contributed by atoms with E-state index in [4.69, 9.17) is 14.2 Å². The van der Waals surface area contributed by atoms with Crippen molar-refractivity contribution in [3.63, 3.8) is 0 Å². The third kappa shape index (κ3) is 55.6. The molecule has 0 aliphatic rings. The molecule has 6 nitrogen and oxygen atoms in total. The molecule has 0 aliphatic heterocycles. The van der Waals surface area contributed by atoms with Gasteiger partial charge in [-0.3, -0.25) is 14.4 Å². The van der Waals surface area contributed by atoms with Crippen molar-refractivity contribution < 1.29 is 28.6 Å². The highest BCUT2D eigenvalue weighted by molar-refractivity contribution is 5.71. The second kappa shape index (κ2) is 57.4. The standard InChI is InChI=1S/C63H110O6/c1-4-7-10-13-16-19-22-25-28-30-31-33-35-38-41-44-47-50-53-56-62(65)68-59-60(58-67-61(64)55-52-49-46-43-40-37-34-27-24-21-18-15-12-9-6-3)69-63(66)57-54-51-48-45-42-39-36-32-29-26-23-20-17-14-11-8-5-2/h17-18,20-21,24,26-27,29,36,39,45,48,60H,4-16,19,22-23,25,28,30-35,37-38,40-44,46-47,49-59H2,1-3H3/b20-17-,21-18-,27-24-,29-26-,39-36-,48-45-. The molecule has 0 fully saturated rings. The number of esters is 3. The Labute approximate surface area is 427 Å². The van der Waals surface area contributed by atoms with Gasteiger partial charge in [0.1, 0.15) is 13.2 Å². The Morgan fingerprint density at radius 3 is 0.971 bits per heavy atom. The molecule has 0 aromatic carbocycles. The fourth-order valence-corrected chi connectivity index (χ4v) is 8.25. The number of carbonyl (C=O) groups is 3. The molecule has 0 bridgehead atoms. The molecule has 1 atom stereocenters. The van der Waals surface area contributed by atoms with Crippen LogP contribution in [0.4, 0.5) is 0 Å². The Morgan fingerprint density at radius 2 is 0.580 bits per heavy atom. The SMILES string of the molecule is CCCCC/C=C\C=C/CCCCCCCCC(=O)OCC(COC(=O)CCCCCCCCCCCCCCCCCCCCC)OC(=O)CCC/C=C\C/C=C\C/C=C\C/C=C\CCCCC. The van der Waals surface area contributed by atoms with Gasteiger partial charge in [-0.15, -0.1) is 0 Å². The minimum atomic E-state index is -0.808. The van der Waals surface area contributed by atoms with Crippen molar-refractivity contribution in [2.24, 2.45) is 0 Å². The lowest BCUT2D eigenvalue weighted by Crippen LogP contribution is -2.30. The maximum absolute atomic E-state index is 12.8. The van der Waals surface area contributed by atoms with E-state index in [0.29, 0.717) is 19.3 Å². The van der Waals surface area contributed by atoms with Crippen LogP contribution in [0.3, 0.4) is 0 Å². The molecule has 0 amide bonds. The van der Waals surface area contributed by atoms with Crippen LogP contribution in [0.1, 0.15) is 290 Å². The zero-order valence-corrected chi connectivity index (χ0v) is 45.6. The summed E-state index contributed by atoms with van der Waals surface area (Å²) in [6.07, 6.45) is 73.3. The van der Waals surface area contributed by atoms with Gasteiger partial charge < -0.3 is 14.2 Å². The average molecular weight is 964 g/mol. The molecule has 0 N–H and O–H groups in total. The third-order valence-corrected chi connectivity index (χ3v) is 12.7. The summed E-state index contributed by atoms with van der Waals surface area (Å²) in [6, 6.07) is 0. The molecule has 398 valence electrons. The van der Waals surface area contributed by atoms with Crippen molar-refractivity contribution in [2.45, 2.75) is 297 Å². The average Bonchev–Trinajstić information content (AvgIpc) is 3.35. The lowest BCUT2D eigenvalue weighted by Gasteiger charge is -2.18. The van der Waals surface area contributed by atoms with Crippen LogP contribution in [-0.2, 0) is 28.6 Å². The summed E-state index contributed by atoms with van der Waals surface area (Å²) < 4.78 is 16.8. The van der Waals surface area contributed by atoms with Gasteiger partial charge in [-0.05, 0) is 83.5 Å². The summed E-state index contributed by atoms with van der Waals surface area (Å²) in [6.45, 7) is 6.56. The molecule has 6 heteroatoms. The van der Waals surface area contributed by atoms with Gasteiger partial charge >= 0.3 is 17.9 Å². The summed E-state index contributed by atoms with van der Waals surface area (Å²) in [5.41, 5.74) is 0. The van der Waals surface area contributed by atoms with Crippen LogP contribution in [0, 0.1) is 0 Å². The van der Waals surface area contributed by atoms with Gasteiger partial charge in [0.25, 0.3) is 0 Å². The van der Waals surface area contributed by atoms with E-state index in [0.717, 1.165) is 70.6 Å².